The van der Waals surface area contributed by atoms with Gasteiger partial charge in [0.15, 0.2) is 6.10 Å². The maximum Gasteiger partial charge on any atom is 0.306 e. The molecular formula is C57H100O6. The summed E-state index contributed by atoms with van der Waals surface area (Å²) in [6, 6.07) is 0. The number of allylic oxidation sites excluding steroid dienone is 10. The molecule has 364 valence electrons. The van der Waals surface area contributed by atoms with Gasteiger partial charge in [0.1, 0.15) is 13.2 Å². The van der Waals surface area contributed by atoms with Crippen molar-refractivity contribution in [3.8, 4) is 0 Å². The Hall–Kier alpha value is -2.89. The van der Waals surface area contributed by atoms with Crippen LogP contribution in [0.2, 0.25) is 0 Å². The molecule has 6 heteroatoms. The number of carbonyl (C=O) groups is 3. The highest BCUT2D eigenvalue weighted by atomic mass is 16.6. The van der Waals surface area contributed by atoms with Crippen molar-refractivity contribution in [2.24, 2.45) is 0 Å². The highest BCUT2D eigenvalue weighted by Crippen LogP contribution is 2.16. The fraction of sp³-hybridized carbons (Fsp3) is 0.772. The Balaban J connectivity index is 4.35. The van der Waals surface area contributed by atoms with Crippen molar-refractivity contribution >= 4 is 17.9 Å². The van der Waals surface area contributed by atoms with Crippen LogP contribution in [0.3, 0.4) is 0 Å². The van der Waals surface area contributed by atoms with Gasteiger partial charge in [0.25, 0.3) is 0 Å². The number of unbranched alkanes of at least 4 members (excludes halogenated alkanes) is 29. The topological polar surface area (TPSA) is 78.9 Å². The molecule has 0 radical (unpaired) electrons. The zero-order valence-corrected chi connectivity index (χ0v) is 41.6. The van der Waals surface area contributed by atoms with E-state index in [-0.39, 0.29) is 31.1 Å². The lowest BCUT2D eigenvalue weighted by molar-refractivity contribution is -0.167. The minimum atomic E-state index is -0.784. The van der Waals surface area contributed by atoms with Crippen LogP contribution in [-0.2, 0) is 28.6 Å². The number of ether oxygens (including phenoxy) is 3. The third kappa shape index (κ3) is 50.0. The van der Waals surface area contributed by atoms with E-state index in [1.807, 2.05) is 0 Å². The lowest BCUT2D eigenvalue weighted by Gasteiger charge is -2.18. The molecule has 63 heavy (non-hydrogen) atoms. The molecular weight excluding hydrogens is 781 g/mol. The van der Waals surface area contributed by atoms with Gasteiger partial charge in [-0.2, -0.15) is 0 Å². The number of hydrogen-bond donors (Lipinski definition) is 0. The van der Waals surface area contributed by atoms with E-state index in [1.54, 1.807) is 0 Å². The van der Waals surface area contributed by atoms with Crippen molar-refractivity contribution in [2.45, 2.75) is 271 Å². The minimum Gasteiger partial charge on any atom is -0.462 e. The van der Waals surface area contributed by atoms with Gasteiger partial charge >= 0.3 is 17.9 Å². The van der Waals surface area contributed by atoms with Gasteiger partial charge in [-0.3, -0.25) is 14.4 Å². The maximum absolute atomic E-state index is 12.8. The summed E-state index contributed by atoms with van der Waals surface area (Å²) in [6.07, 6.45) is 63.5. The molecule has 0 fully saturated rings. The van der Waals surface area contributed by atoms with E-state index >= 15 is 0 Å². The zero-order chi connectivity index (χ0) is 45.8. The summed E-state index contributed by atoms with van der Waals surface area (Å²) < 4.78 is 16.8. The van der Waals surface area contributed by atoms with Crippen molar-refractivity contribution in [3.05, 3.63) is 60.8 Å². The average Bonchev–Trinajstić information content (AvgIpc) is 3.28. The van der Waals surface area contributed by atoms with Crippen molar-refractivity contribution in [3.63, 3.8) is 0 Å². The van der Waals surface area contributed by atoms with Crippen LogP contribution in [0.15, 0.2) is 60.8 Å². The fourth-order valence-electron chi connectivity index (χ4n) is 7.60. The first-order chi connectivity index (χ1) is 31.0. The Morgan fingerprint density at radius 2 is 0.698 bits per heavy atom. The predicted molar refractivity (Wildman–Crippen MR) is 270 cm³/mol. The molecule has 0 saturated carbocycles. The van der Waals surface area contributed by atoms with Gasteiger partial charge in [0, 0.05) is 19.3 Å². The van der Waals surface area contributed by atoms with Crippen LogP contribution in [0.5, 0.6) is 0 Å². The van der Waals surface area contributed by atoms with Crippen LogP contribution in [0.1, 0.15) is 265 Å². The molecule has 0 aromatic heterocycles. The monoisotopic (exact) mass is 881 g/mol. The summed E-state index contributed by atoms with van der Waals surface area (Å²) in [5.41, 5.74) is 0. The Morgan fingerprint density at radius 1 is 0.349 bits per heavy atom. The third-order valence-electron chi connectivity index (χ3n) is 11.6. The van der Waals surface area contributed by atoms with Crippen LogP contribution < -0.4 is 0 Å². The molecule has 1 atom stereocenters. The van der Waals surface area contributed by atoms with Crippen LogP contribution >= 0.6 is 0 Å². The Bertz CT molecular complexity index is 1150. The molecule has 0 aliphatic carbocycles. The van der Waals surface area contributed by atoms with Gasteiger partial charge in [-0.15, -0.1) is 0 Å². The van der Waals surface area contributed by atoms with E-state index in [0.29, 0.717) is 19.3 Å². The summed E-state index contributed by atoms with van der Waals surface area (Å²) in [4.78, 5) is 38.0. The number of hydrogen-bond acceptors (Lipinski definition) is 6. The highest BCUT2D eigenvalue weighted by Gasteiger charge is 2.19. The van der Waals surface area contributed by atoms with Crippen LogP contribution in [0.4, 0.5) is 0 Å². The summed E-state index contributed by atoms with van der Waals surface area (Å²) >= 11 is 0. The van der Waals surface area contributed by atoms with Crippen LogP contribution in [0, 0.1) is 0 Å². The SMILES string of the molecule is CC\C=C/C=C\C=C/CCCCCCCC(=O)OCC(COC(=O)CCCCCCCCCCCCCCCCCCCC)OC(=O)CCCCCCCCC/C=C\C/C=C\CC. The Morgan fingerprint density at radius 3 is 1.13 bits per heavy atom. The van der Waals surface area contributed by atoms with Gasteiger partial charge in [0.2, 0.25) is 0 Å². The lowest BCUT2D eigenvalue weighted by Crippen LogP contribution is -2.30. The largest absolute Gasteiger partial charge is 0.462 e. The van der Waals surface area contributed by atoms with Crippen molar-refractivity contribution in [1.82, 2.24) is 0 Å². The first-order valence-corrected chi connectivity index (χ1v) is 26.8. The lowest BCUT2D eigenvalue weighted by atomic mass is 10.0. The van der Waals surface area contributed by atoms with Crippen molar-refractivity contribution in [1.29, 1.82) is 0 Å². The Kier molecular flexibility index (Phi) is 49.4. The molecule has 0 aromatic rings. The quantitative estimate of drug-likeness (QED) is 0.0199. The van der Waals surface area contributed by atoms with E-state index in [1.165, 1.54) is 122 Å². The molecule has 0 heterocycles. The average molecular weight is 881 g/mol. The van der Waals surface area contributed by atoms with Crippen LogP contribution in [-0.4, -0.2) is 37.2 Å². The number of esters is 3. The van der Waals surface area contributed by atoms with Crippen molar-refractivity contribution < 1.29 is 28.6 Å². The standard InChI is InChI=1S/C57H100O6/c1-4-7-10-13-16-19-22-25-27-28-29-30-33-35-38-41-44-47-50-56(59)62-53-54(52-61-55(58)49-46-43-40-37-34-31-24-21-18-15-12-9-6-3)63-57(60)51-48-45-42-39-36-32-26-23-20-17-14-11-8-5-2/h8-9,11-12,15,17-18,20-21,24,54H,4-7,10,13-14,16,19,22-23,25-53H2,1-3H3/b11-8-,12-9-,18-15-,20-17-,24-21-. The molecule has 0 amide bonds. The molecule has 0 saturated heterocycles. The van der Waals surface area contributed by atoms with Gasteiger partial charge in [0.05, 0.1) is 0 Å². The van der Waals surface area contributed by atoms with E-state index in [9.17, 15) is 14.4 Å². The van der Waals surface area contributed by atoms with Gasteiger partial charge < -0.3 is 14.2 Å². The number of rotatable bonds is 48. The third-order valence-corrected chi connectivity index (χ3v) is 11.6. The molecule has 0 rings (SSSR count). The zero-order valence-electron chi connectivity index (χ0n) is 41.6. The van der Waals surface area contributed by atoms with E-state index in [4.69, 9.17) is 14.2 Å². The molecule has 0 N–H and O–H groups in total. The molecule has 1 unspecified atom stereocenters. The minimum absolute atomic E-state index is 0.0821. The van der Waals surface area contributed by atoms with Gasteiger partial charge in [-0.25, -0.2) is 0 Å². The number of carbonyl (C=O) groups excluding carboxylic acids is 3. The summed E-state index contributed by atoms with van der Waals surface area (Å²) in [5, 5.41) is 0. The highest BCUT2D eigenvalue weighted by molar-refractivity contribution is 5.71. The first kappa shape index (κ1) is 60.1. The fourth-order valence-corrected chi connectivity index (χ4v) is 7.60. The van der Waals surface area contributed by atoms with Gasteiger partial charge in [-0.05, 0) is 64.2 Å². The molecule has 0 aromatic carbocycles. The molecule has 6 nitrogen and oxygen atoms in total. The first-order valence-electron chi connectivity index (χ1n) is 26.8. The van der Waals surface area contributed by atoms with Crippen molar-refractivity contribution in [2.75, 3.05) is 13.2 Å². The summed E-state index contributed by atoms with van der Waals surface area (Å²) in [7, 11) is 0. The van der Waals surface area contributed by atoms with E-state index in [2.05, 4.69) is 81.5 Å². The molecule has 0 spiro atoms. The second-order valence-electron chi connectivity index (χ2n) is 17.8. The molecule has 0 aliphatic rings. The van der Waals surface area contributed by atoms with E-state index in [0.717, 1.165) is 103 Å². The predicted octanol–water partition coefficient (Wildman–Crippen LogP) is 17.6. The van der Waals surface area contributed by atoms with E-state index < -0.39 is 6.10 Å². The van der Waals surface area contributed by atoms with Crippen LogP contribution in [0.25, 0.3) is 0 Å². The summed E-state index contributed by atoms with van der Waals surface area (Å²) in [5.74, 6) is -0.904. The Labute approximate surface area is 390 Å². The second-order valence-corrected chi connectivity index (χ2v) is 17.8. The molecule has 0 bridgehead atoms. The normalized spacial score (nSPS) is 12.5. The smallest absolute Gasteiger partial charge is 0.306 e. The van der Waals surface area contributed by atoms with Gasteiger partial charge in [-0.1, -0.05) is 242 Å². The maximum atomic E-state index is 12.8. The second kappa shape index (κ2) is 51.7. The summed E-state index contributed by atoms with van der Waals surface area (Å²) in [6.45, 7) is 6.40. The molecule has 0 aliphatic heterocycles.